The summed E-state index contributed by atoms with van der Waals surface area (Å²) in [7, 11) is 1.54. The zero-order chi connectivity index (χ0) is 11.7. The maximum atomic E-state index is 13.5. The standard InChI is InChI=1S/C11H12FN3O/c1-6-7(12)3-4-9(16-2)11(6)8-5-10(13)15-14-8/h3-5H,1-2H3,(H3,13,14,15). The number of nitrogens with zero attached hydrogens (tertiary/aromatic N) is 1. The minimum atomic E-state index is -0.288. The van der Waals surface area contributed by atoms with E-state index in [1.165, 1.54) is 13.2 Å². The van der Waals surface area contributed by atoms with Gasteiger partial charge < -0.3 is 10.5 Å². The molecule has 0 aliphatic rings. The highest BCUT2D eigenvalue weighted by atomic mass is 19.1. The molecule has 0 unspecified atom stereocenters. The van der Waals surface area contributed by atoms with Crippen LogP contribution in [-0.4, -0.2) is 17.3 Å². The van der Waals surface area contributed by atoms with E-state index in [0.29, 0.717) is 28.4 Å². The van der Waals surface area contributed by atoms with E-state index in [-0.39, 0.29) is 5.82 Å². The third kappa shape index (κ3) is 1.60. The van der Waals surface area contributed by atoms with Crippen LogP contribution in [0.4, 0.5) is 10.2 Å². The Labute approximate surface area is 92.2 Å². The molecule has 16 heavy (non-hydrogen) atoms. The molecule has 0 fully saturated rings. The predicted molar refractivity (Wildman–Crippen MR) is 59.7 cm³/mol. The highest BCUT2D eigenvalue weighted by Gasteiger charge is 2.14. The van der Waals surface area contributed by atoms with Gasteiger partial charge in [0.2, 0.25) is 0 Å². The first-order valence-corrected chi connectivity index (χ1v) is 4.78. The SMILES string of the molecule is COc1ccc(F)c(C)c1-c1cc(N)n[nH]1. The third-order valence-electron chi connectivity index (χ3n) is 2.45. The number of hydrogen-bond acceptors (Lipinski definition) is 3. The van der Waals surface area contributed by atoms with Gasteiger partial charge >= 0.3 is 0 Å². The first-order chi connectivity index (χ1) is 7.63. The summed E-state index contributed by atoms with van der Waals surface area (Å²) in [5.74, 6) is 0.659. The van der Waals surface area contributed by atoms with Gasteiger partial charge in [-0.05, 0) is 24.6 Å². The molecule has 2 aromatic rings. The van der Waals surface area contributed by atoms with Crippen molar-refractivity contribution >= 4 is 5.82 Å². The summed E-state index contributed by atoms with van der Waals surface area (Å²) in [5, 5.41) is 6.56. The highest BCUT2D eigenvalue weighted by Crippen LogP contribution is 2.33. The van der Waals surface area contributed by atoms with E-state index in [2.05, 4.69) is 10.2 Å². The summed E-state index contributed by atoms with van der Waals surface area (Å²) in [6.07, 6.45) is 0. The van der Waals surface area contributed by atoms with Crippen LogP contribution >= 0.6 is 0 Å². The zero-order valence-electron chi connectivity index (χ0n) is 9.04. The van der Waals surface area contributed by atoms with Gasteiger partial charge in [0.05, 0.1) is 12.8 Å². The highest BCUT2D eigenvalue weighted by molar-refractivity contribution is 5.72. The molecule has 0 radical (unpaired) electrons. The Balaban J connectivity index is 2.66. The van der Waals surface area contributed by atoms with Crippen LogP contribution in [0.15, 0.2) is 18.2 Å². The smallest absolute Gasteiger partial charge is 0.145 e. The Morgan fingerprint density at radius 3 is 2.75 bits per heavy atom. The van der Waals surface area contributed by atoms with Crippen LogP contribution in [0.5, 0.6) is 5.75 Å². The summed E-state index contributed by atoms with van der Waals surface area (Å²) in [6, 6.07) is 4.59. The van der Waals surface area contributed by atoms with Gasteiger partial charge in [0.15, 0.2) is 0 Å². The summed E-state index contributed by atoms with van der Waals surface area (Å²) in [5.41, 5.74) is 7.31. The average Bonchev–Trinajstić information content (AvgIpc) is 2.68. The van der Waals surface area contributed by atoms with E-state index in [9.17, 15) is 4.39 Å². The van der Waals surface area contributed by atoms with Crippen LogP contribution in [0, 0.1) is 12.7 Å². The van der Waals surface area contributed by atoms with Crippen molar-refractivity contribution in [2.24, 2.45) is 0 Å². The molecule has 0 atom stereocenters. The number of H-pyrrole nitrogens is 1. The fraction of sp³-hybridized carbons (Fsp3) is 0.182. The maximum absolute atomic E-state index is 13.5. The van der Waals surface area contributed by atoms with Gasteiger partial charge in [-0.2, -0.15) is 5.10 Å². The maximum Gasteiger partial charge on any atom is 0.145 e. The normalized spacial score (nSPS) is 10.4. The van der Waals surface area contributed by atoms with Crippen molar-refractivity contribution in [3.8, 4) is 17.0 Å². The Morgan fingerprint density at radius 2 is 2.19 bits per heavy atom. The molecule has 0 bridgehead atoms. The summed E-state index contributed by atoms with van der Waals surface area (Å²) < 4.78 is 18.7. The van der Waals surface area contributed by atoms with Gasteiger partial charge in [-0.3, -0.25) is 5.10 Å². The first-order valence-electron chi connectivity index (χ1n) is 4.78. The van der Waals surface area contributed by atoms with Crippen molar-refractivity contribution in [1.82, 2.24) is 10.2 Å². The average molecular weight is 221 g/mol. The van der Waals surface area contributed by atoms with Crippen molar-refractivity contribution in [2.45, 2.75) is 6.92 Å². The number of methoxy groups -OCH3 is 1. The molecular weight excluding hydrogens is 209 g/mol. The van der Waals surface area contributed by atoms with Crippen LogP contribution < -0.4 is 10.5 Å². The van der Waals surface area contributed by atoms with E-state index < -0.39 is 0 Å². The van der Waals surface area contributed by atoms with E-state index in [4.69, 9.17) is 10.5 Å². The Morgan fingerprint density at radius 1 is 1.44 bits per heavy atom. The largest absolute Gasteiger partial charge is 0.496 e. The Hall–Kier alpha value is -2.04. The fourth-order valence-corrected chi connectivity index (χ4v) is 1.63. The number of nitrogen functional groups attached to an aromatic ring is 1. The quantitative estimate of drug-likeness (QED) is 0.816. The summed E-state index contributed by atoms with van der Waals surface area (Å²) in [6.45, 7) is 1.68. The number of rotatable bonds is 2. The summed E-state index contributed by atoms with van der Waals surface area (Å²) in [4.78, 5) is 0. The number of hydrogen-bond donors (Lipinski definition) is 2. The minimum absolute atomic E-state index is 0.288. The van der Waals surface area contributed by atoms with Crippen LogP contribution in [0.25, 0.3) is 11.3 Å². The molecule has 0 saturated carbocycles. The lowest BCUT2D eigenvalue weighted by Gasteiger charge is -2.10. The first kappa shape index (κ1) is 10.5. The van der Waals surface area contributed by atoms with Crippen LogP contribution in [0.1, 0.15) is 5.56 Å². The number of halogens is 1. The van der Waals surface area contributed by atoms with Crippen molar-refractivity contribution in [3.05, 3.63) is 29.6 Å². The van der Waals surface area contributed by atoms with E-state index in [1.807, 2.05) is 0 Å². The lowest BCUT2D eigenvalue weighted by atomic mass is 10.0. The molecule has 0 saturated heterocycles. The van der Waals surface area contributed by atoms with E-state index in [0.717, 1.165) is 0 Å². The van der Waals surface area contributed by atoms with Crippen molar-refractivity contribution < 1.29 is 9.13 Å². The van der Waals surface area contributed by atoms with Gasteiger partial charge in [0.1, 0.15) is 17.4 Å². The third-order valence-corrected chi connectivity index (χ3v) is 2.45. The molecule has 5 heteroatoms. The van der Waals surface area contributed by atoms with Crippen LogP contribution in [-0.2, 0) is 0 Å². The number of benzene rings is 1. The molecule has 1 aromatic carbocycles. The molecule has 4 nitrogen and oxygen atoms in total. The molecule has 0 aliphatic carbocycles. The zero-order valence-corrected chi connectivity index (χ0v) is 9.04. The van der Waals surface area contributed by atoms with Crippen LogP contribution in [0.3, 0.4) is 0 Å². The molecule has 0 spiro atoms. The topological polar surface area (TPSA) is 63.9 Å². The van der Waals surface area contributed by atoms with E-state index >= 15 is 0 Å². The van der Waals surface area contributed by atoms with Gasteiger partial charge in [-0.1, -0.05) is 0 Å². The van der Waals surface area contributed by atoms with Crippen LogP contribution in [0.2, 0.25) is 0 Å². The number of ether oxygens (including phenoxy) is 1. The lowest BCUT2D eigenvalue weighted by molar-refractivity contribution is 0.414. The second kappa shape index (κ2) is 3.84. The van der Waals surface area contributed by atoms with Crippen molar-refractivity contribution in [2.75, 3.05) is 12.8 Å². The minimum Gasteiger partial charge on any atom is -0.496 e. The fourth-order valence-electron chi connectivity index (χ4n) is 1.63. The number of aromatic amines is 1. The van der Waals surface area contributed by atoms with Gasteiger partial charge in [-0.25, -0.2) is 4.39 Å². The van der Waals surface area contributed by atoms with Gasteiger partial charge in [0, 0.05) is 11.6 Å². The van der Waals surface area contributed by atoms with Gasteiger partial charge in [0.25, 0.3) is 0 Å². The molecule has 2 rings (SSSR count). The van der Waals surface area contributed by atoms with Crippen molar-refractivity contribution in [3.63, 3.8) is 0 Å². The summed E-state index contributed by atoms with van der Waals surface area (Å²) >= 11 is 0. The second-order valence-corrected chi connectivity index (χ2v) is 3.46. The lowest BCUT2D eigenvalue weighted by Crippen LogP contribution is -1.94. The molecule has 1 heterocycles. The monoisotopic (exact) mass is 221 g/mol. The number of nitrogens with two attached hydrogens (primary N) is 1. The number of aromatic nitrogens is 2. The Bertz CT molecular complexity index is 522. The Kier molecular flexibility index (Phi) is 2.52. The molecule has 1 aromatic heterocycles. The molecule has 84 valence electrons. The predicted octanol–water partition coefficient (Wildman–Crippen LogP) is 2.12. The second-order valence-electron chi connectivity index (χ2n) is 3.46. The molecule has 0 aliphatic heterocycles. The number of anilines is 1. The van der Waals surface area contributed by atoms with E-state index in [1.54, 1.807) is 19.1 Å². The molecule has 0 amide bonds. The molecular formula is C11H12FN3O. The molecule has 3 N–H and O–H groups in total. The van der Waals surface area contributed by atoms with Gasteiger partial charge in [-0.15, -0.1) is 0 Å². The number of nitrogens with one attached hydrogen (secondary N) is 1. The van der Waals surface area contributed by atoms with Crippen molar-refractivity contribution in [1.29, 1.82) is 0 Å².